The molecule has 1 heterocycles. The number of nitrogens with zero attached hydrogens (tertiary/aromatic N) is 2. The normalized spacial score (nSPS) is 19.6. The molecule has 0 aromatic carbocycles. The van der Waals surface area contributed by atoms with Crippen LogP contribution in [-0.2, 0) is 9.47 Å². The molecule has 0 amide bonds. The van der Waals surface area contributed by atoms with Gasteiger partial charge >= 0.3 is 0 Å². The van der Waals surface area contributed by atoms with E-state index in [1.54, 1.807) is 7.11 Å². The van der Waals surface area contributed by atoms with Crippen LogP contribution in [0.3, 0.4) is 0 Å². The minimum atomic E-state index is 0.609. The average Bonchev–Trinajstić information content (AvgIpc) is 2.99. The number of rotatable bonds is 11. The van der Waals surface area contributed by atoms with Crippen LogP contribution in [0.2, 0.25) is 0 Å². The molecule has 1 aliphatic rings. The minimum absolute atomic E-state index is 0.609. The Labute approximate surface area is 135 Å². The van der Waals surface area contributed by atoms with E-state index in [1.165, 1.54) is 19.4 Å². The number of aliphatic imine (C=N–C) groups is 1. The van der Waals surface area contributed by atoms with E-state index in [-0.39, 0.29) is 0 Å². The average molecular weight is 314 g/mol. The Morgan fingerprint density at radius 1 is 1.23 bits per heavy atom. The van der Waals surface area contributed by atoms with Gasteiger partial charge in [-0.2, -0.15) is 0 Å². The predicted molar refractivity (Wildman–Crippen MR) is 91.6 cm³/mol. The Morgan fingerprint density at radius 2 is 2.09 bits per heavy atom. The first kappa shape index (κ1) is 19.2. The Kier molecular flexibility index (Phi) is 11.1. The number of likely N-dealkylation sites (tertiary alicyclic amines) is 1. The molecule has 0 spiro atoms. The SMILES string of the molecule is CCNC(=NCC1CCCN1CC)NCCCOCCOC. The standard InChI is InChI=1S/C16H34N4O2/c1-4-17-16(18-9-7-11-22-13-12-21-3)19-14-15-8-6-10-20(15)5-2/h15H,4-14H2,1-3H3,(H2,17,18,19). The Balaban J connectivity index is 2.21. The van der Waals surface area contributed by atoms with Crippen LogP contribution in [0, 0.1) is 0 Å². The lowest BCUT2D eigenvalue weighted by Gasteiger charge is -2.21. The van der Waals surface area contributed by atoms with Crippen LogP contribution in [-0.4, -0.2) is 76.6 Å². The van der Waals surface area contributed by atoms with Crippen molar-refractivity contribution < 1.29 is 9.47 Å². The third-order valence-electron chi connectivity index (χ3n) is 3.90. The van der Waals surface area contributed by atoms with Gasteiger partial charge in [0.1, 0.15) is 0 Å². The summed E-state index contributed by atoms with van der Waals surface area (Å²) in [6.07, 6.45) is 3.54. The lowest BCUT2D eigenvalue weighted by molar-refractivity contribution is 0.0698. The molecule has 1 rings (SSSR count). The summed E-state index contributed by atoms with van der Waals surface area (Å²) >= 11 is 0. The molecule has 6 nitrogen and oxygen atoms in total. The van der Waals surface area contributed by atoms with Gasteiger partial charge in [-0.3, -0.25) is 9.89 Å². The Hall–Kier alpha value is -0.850. The lowest BCUT2D eigenvalue weighted by atomic mass is 10.2. The van der Waals surface area contributed by atoms with E-state index in [0.29, 0.717) is 19.3 Å². The molecule has 130 valence electrons. The molecule has 1 atom stereocenters. The molecule has 0 aromatic rings. The molecule has 22 heavy (non-hydrogen) atoms. The zero-order valence-corrected chi connectivity index (χ0v) is 14.6. The van der Waals surface area contributed by atoms with Crippen molar-refractivity contribution in [2.24, 2.45) is 4.99 Å². The van der Waals surface area contributed by atoms with Crippen LogP contribution >= 0.6 is 0 Å². The molecule has 2 N–H and O–H groups in total. The molecule has 0 bridgehead atoms. The van der Waals surface area contributed by atoms with Crippen LogP contribution < -0.4 is 10.6 Å². The number of methoxy groups -OCH3 is 1. The fraction of sp³-hybridized carbons (Fsp3) is 0.938. The molecule has 0 aliphatic carbocycles. The first-order chi connectivity index (χ1) is 10.8. The summed E-state index contributed by atoms with van der Waals surface area (Å²) in [5.74, 6) is 0.919. The third kappa shape index (κ3) is 7.96. The number of hydrogen-bond acceptors (Lipinski definition) is 4. The van der Waals surface area contributed by atoms with Crippen molar-refractivity contribution >= 4 is 5.96 Å². The van der Waals surface area contributed by atoms with Crippen LogP contribution in [0.4, 0.5) is 0 Å². The number of hydrogen-bond donors (Lipinski definition) is 2. The summed E-state index contributed by atoms with van der Waals surface area (Å²) in [6.45, 7) is 11.4. The number of likely N-dealkylation sites (N-methyl/N-ethyl adjacent to an activating group) is 1. The van der Waals surface area contributed by atoms with Gasteiger partial charge in [0, 0.05) is 32.8 Å². The summed E-state index contributed by atoms with van der Waals surface area (Å²) in [7, 11) is 1.69. The van der Waals surface area contributed by atoms with Gasteiger partial charge in [-0.15, -0.1) is 0 Å². The molecule has 0 aromatic heterocycles. The second-order valence-corrected chi connectivity index (χ2v) is 5.53. The highest BCUT2D eigenvalue weighted by Crippen LogP contribution is 2.16. The van der Waals surface area contributed by atoms with Crippen molar-refractivity contribution in [3.05, 3.63) is 0 Å². The zero-order chi connectivity index (χ0) is 16.0. The van der Waals surface area contributed by atoms with Gasteiger partial charge in [0.2, 0.25) is 0 Å². The molecule has 1 aliphatic heterocycles. The van der Waals surface area contributed by atoms with Gasteiger partial charge in [-0.1, -0.05) is 6.92 Å². The maximum absolute atomic E-state index is 5.45. The lowest BCUT2D eigenvalue weighted by Crippen LogP contribution is -2.39. The molecular weight excluding hydrogens is 280 g/mol. The van der Waals surface area contributed by atoms with Gasteiger partial charge in [0.25, 0.3) is 0 Å². The van der Waals surface area contributed by atoms with Crippen molar-refractivity contribution in [2.45, 2.75) is 39.2 Å². The Bertz CT molecular complexity index is 300. The van der Waals surface area contributed by atoms with Gasteiger partial charge in [-0.05, 0) is 39.3 Å². The van der Waals surface area contributed by atoms with E-state index in [0.717, 1.165) is 45.2 Å². The molecule has 1 unspecified atom stereocenters. The van der Waals surface area contributed by atoms with Crippen molar-refractivity contribution in [3.63, 3.8) is 0 Å². The van der Waals surface area contributed by atoms with Gasteiger partial charge < -0.3 is 20.1 Å². The first-order valence-electron chi connectivity index (χ1n) is 8.64. The smallest absolute Gasteiger partial charge is 0.191 e. The van der Waals surface area contributed by atoms with Crippen LogP contribution in [0.15, 0.2) is 4.99 Å². The van der Waals surface area contributed by atoms with E-state index in [4.69, 9.17) is 14.5 Å². The van der Waals surface area contributed by atoms with Crippen LogP contribution in [0.25, 0.3) is 0 Å². The highest BCUT2D eigenvalue weighted by Gasteiger charge is 2.22. The molecular formula is C16H34N4O2. The monoisotopic (exact) mass is 314 g/mol. The van der Waals surface area contributed by atoms with E-state index >= 15 is 0 Å². The van der Waals surface area contributed by atoms with Crippen molar-refractivity contribution in [1.29, 1.82) is 0 Å². The number of guanidine groups is 1. The summed E-state index contributed by atoms with van der Waals surface area (Å²) in [6, 6.07) is 0.609. The third-order valence-corrected chi connectivity index (χ3v) is 3.90. The largest absolute Gasteiger partial charge is 0.382 e. The van der Waals surface area contributed by atoms with Gasteiger partial charge in [0.05, 0.1) is 19.8 Å². The van der Waals surface area contributed by atoms with E-state index < -0.39 is 0 Å². The van der Waals surface area contributed by atoms with Crippen molar-refractivity contribution in [2.75, 3.05) is 59.7 Å². The zero-order valence-electron chi connectivity index (χ0n) is 14.6. The van der Waals surface area contributed by atoms with E-state index in [2.05, 4.69) is 29.4 Å². The van der Waals surface area contributed by atoms with Crippen molar-refractivity contribution in [1.82, 2.24) is 15.5 Å². The predicted octanol–water partition coefficient (Wildman–Crippen LogP) is 1.08. The molecule has 1 fully saturated rings. The first-order valence-corrected chi connectivity index (χ1v) is 8.64. The topological polar surface area (TPSA) is 58.1 Å². The highest BCUT2D eigenvalue weighted by atomic mass is 16.5. The van der Waals surface area contributed by atoms with Gasteiger partial charge in [0.15, 0.2) is 5.96 Å². The molecule has 0 radical (unpaired) electrons. The maximum Gasteiger partial charge on any atom is 0.191 e. The van der Waals surface area contributed by atoms with Crippen LogP contribution in [0.5, 0.6) is 0 Å². The summed E-state index contributed by atoms with van der Waals surface area (Å²) in [5.41, 5.74) is 0. The maximum atomic E-state index is 5.45. The quantitative estimate of drug-likeness (QED) is 0.339. The van der Waals surface area contributed by atoms with E-state index in [1.807, 2.05) is 0 Å². The fourth-order valence-corrected chi connectivity index (χ4v) is 2.68. The Morgan fingerprint density at radius 3 is 2.82 bits per heavy atom. The molecule has 6 heteroatoms. The van der Waals surface area contributed by atoms with E-state index in [9.17, 15) is 0 Å². The van der Waals surface area contributed by atoms with Gasteiger partial charge in [-0.25, -0.2) is 0 Å². The fourth-order valence-electron chi connectivity index (χ4n) is 2.68. The second-order valence-electron chi connectivity index (χ2n) is 5.53. The highest BCUT2D eigenvalue weighted by molar-refractivity contribution is 5.79. The molecule has 0 saturated carbocycles. The number of nitrogens with one attached hydrogen (secondary N) is 2. The number of ether oxygens (including phenoxy) is 2. The summed E-state index contributed by atoms with van der Waals surface area (Å²) < 4.78 is 10.4. The summed E-state index contributed by atoms with van der Waals surface area (Å²) in [4.78, 5) is 7.26. The van der Waals surface area contributed by atoms with Crippen molar-refractivity contribution in [3.8, 4) is 0 Å². The molecule has 1 saturated heterocycles. The second kappa shape index (κ2) is 12.7. The minimum Gasteiger partial charge on any atom is -0.382 e. The summed E-state index contributed by atoms with van der Waals surface area (Å²) in [5, 5.41) is 6.69. The van der Waals surface area contributed by atoms with Crippen LogP contribution in [0.1, 0.15) is 33.1 Å².